The van der Waals surface area contributed by atoms with Crippen LogP contribution in [0.4, 0.5) is 5.69 Å². The van der Waals surface area contributed by atoms with Crippen molar-refractivity contribution in [2.24, 2.45) is 0 Å². The van der Waals surface area contributed by atoms with E-state index in [4.69, 9.17) is 9.15 Å². The maximum absolute atomic E-state index is 12.5. The summed E-state index contributed by atoms with van der Waals surface area (Å²) < 4.78 is 11.4. The lowest BCUT2D eigenvalue weighted by molar-refractivity contribution is -0.115. The molecular weight excluding hydrogens is 406 g/mol. The molecule has 1 unspecified atom stereocenters. The lowest BCUT2D eigenvalue weighted by Gasteiger charge is -2.11. The maximum atomic E-state index is 12.5. The first kappa shape index (κ1) is 19.2. The van der Waals surface area contributed by atoms with E-state index in [-0.39, 0.29) is 5.91 Å². The molecule has 0 saturated carbocycles. The summed E-state index contributed by atoms with van der Waals surface area (Å²) in [4.78, 5) is 13.4. The number of thioether (sulfide) groups is 1. The van der Waals surface area contributed by atoms with E-state index < -0.39 is 5.25 Å². The quantitative estimate of drug-likeness (QED) is 0.384. The Kier molecular flexibility index (Phi) is 5.92. The van der Waals surface area contributed by atoms with Crippen molar-refractivity contribution in [2.45, 2.75) is 17.4 Å². The molecule has 2 aromatic carbocycles. The zero-order valence-corrected chi connectivity index (χ0v) is 17.1. The van der Waals surface area contributed by atoms with Crippen molar-refractivity contribution < 1.29 is 13.9 Å². The van der Waals surface area contributed by atoms with Crippen LogP contribution < -0.4 is 10.1 Å². The maximum Gasteiger partial charge on any atom is 0.277 e. The number of anilines is 1. The highest BCUT2D eigenvalue weighted by Crippen LogP contribution is 2.29. The Morgan fingerprint density at radius 1 is 1.03 bits per heavy atom. The molecule has 146 valence electrons. The second kappa shape index (κ2) is 8.93. The van der Waals surface area contributed by atoms with Gasteiger partial charge in [-0.25, -0.2) is 0 Å². The molecule has 0 aliphatic heterocycles. The zero-order valence-electron chi connectivity index (χ0n) is 15.4. The third-order valence-corrected chi connectivity index (χ3v) is 5.68. The predicted octanol–water partition coefficient (Wildman–Crippen LogP) is 5.71. The van der Waals surface area contributed by atoms with Crippen molar-refractivity contribution in [3.8, 4) is 22.3 Å². The molecule has 1 atom stereocenters. The van der Waals surface area contributed by atoms with Crippen molar-refractivity contribution in [1.29, 1.82) is 0 Å². The molecule has 0 aliphatic carbocycles. The van der Waals surface area contributed by atoms with Crippen LogP contribution in [-0.2, 0) is 4.79 Å². The highest BCUT2D eigenvalue weighted by atomic mass is 32.2. The fourth-order valence-corrected chi connectivity index (χ4v) is 3.76. The van der Waals surface area contributed by atoms with Crippen molar-refractivity contribution in [3.63, 3.8) is 0 Å². The van der Waals surface area contributed by atoms with Crippen LogP contribution in [-0.4, -0.2) is 21.4 Å². The topological polar surface area (TPSA) is 77.2 Å². The number of ether oxygens (including phenoxy) is 1. The number of rotatable bonds is 7. The minimum atomic E-state index is -0.396. The van der Waals surface area contributed by atoms with Gasteiger partial charge in [-0.05, 0) is 54.8 Å². The number of benzene rings is 2. The summed E-state index contributed by atoms with van der Waals surface area (Å²) in [6.07, 6.45) is 0. The summed E-state index contributed by atoms with van der Waals surface area (Å²) in [6, 6.07) is 20.6. The van der Waals surface area contributed by atoms with E-state index >= 15 is 0 Å². The Balaban J connectivity index is 1.32. The molecule has 29 heavy (non-hydrogen) atoms. The SMILES string of the molecule is CC(Sc1nnc(-c2cccs2)o1)C(=O)Nc1ccc(Oc2ccccc2)cc1. The van der Waals surface area contributed by atoms with Crippen LogP contribution in [0.15, 0.2) is 81.8 Å². The van der Waals surface area contributed by atoms with Gasteiger partial charge in [-0.2, -0.15) is 0 Å². The molecule has 2 aromatic heterocycles. The fourth-order valence-electron chi connectivity index (χ4n) is 2.44. The molecule has 4 aromatic rings. The number of nitrogens with zero attached hydrogens (tertiary/aromatic N) is 2. The van der Waals surface area contributed by atoms with Crippen LogP contribution in [0.5, 0.6) is 11.5 Å². The van der Waals surface area contributed by atoms with Crippen LogP contribution in [0.25, 0.3) is 10.8 Å². The molecule has 0 radical (unpaired) electrons. The lowest BCUT2D eigenvalue weighted by Crippen LogP contribution is -2.22. The fraction of sp³-hybridized carbons (Fsp3) is 0.0952. The number of carbonyl (C=O) groups excluding carboxylic acids is 1. The Morgan fingerprint density at radius 3 is 2.52 bits per heavy atom. The van der Waals surface area contributed by atoms with Gasteiger partial charge in [0.05, 0.1) is 10.1 Å². The average Bonchev–Trinajstić information content (AvgIpc) is 3.42. The number of hydrogen-bond acceptors (Lipinski definition) is 7. The molecule has 8 heteroatoms. The van der Waals surface area contributed by atoms with Gasteiger partial charge in [0, 0.05) is 5.69 Å². The summed E-state index contributed by atoms with van der Waals surface area (Å²) >= 11 is 2.74. The molecule has 1 amide bonds. The van der Waals surface area contributed by atoms with Crippen LogP contribution >= 0.6 is 23.1 Å². The summed E-state index contributed by atoms with van der Waals surface area (Å²) in [5, 5.41) is 12.8. The Morgan fingerprint density at radius 2 is 1.79 bits per heavy atom. The second-order valence-corrected chi connectivity index (χ2v) is 8.28. The van der Waals surface area contributed by atoms with Gasteiger partial charge in [-0.1, -0.05) is 36.0 Å². The van der Waals surface area contributed by atoms with Gasteiger partial charge in [-0.15, -0.1) is 21.5 Å². The number of hydrogen-bond donors (Lipinski definition) is 1. The number of nitrogens with one attached hydrogen (secondary N) is 1. The number of thiophene rings is 1. The van der Waals surface area contributed by atoms with Crippen LogP contribution in [0.1, 0.15) is 6.92 Å². The van der Waals surface area contributed by atoms with Gasteiger partial charge in [0.1, 0.15) is 11.5 Å². The largest absolute Gasteiger partial charge is 0.457 e. The van der Waals surface area contributed by atoms with Gasteiger partial charge < -0.3 is 14.5 Å². The third-order valence-electron chi connectivity index (χ3n) is 3.89. The van der Waals surface area contributed by atoms with E-state index in [1.165, 1.54) is 23.1 Å². The van der Waals surface area contributed by atoms with Gasteiger partial charge in [0.2, 0.25) is 5.91 Å². The number of para-hydroxylation sites is 1. The number of aromatic nitrogens is 2. The Hall–Kier alpha value is -3.10. The van der Waals surface area contributed by atoms with Crippen molar-refractivity contribution in [2.75, 3.05) is 5.32 Å². The summed E-state index contributed by atoms with van der Waals surface area (Å²) in [6.45, 7) is 1.79. The summed E-state index contributed by atoms with van der Waals surface area (Å²) in [5.74, 6) is 1.77. The van der Waals surface area contributed by atoms with Gasteiger partial charge >= 0.3 is 0 Å². The molecule has 0 fully saturated rings. The molecule has 0 bridgehead atoms. The highest BCUT2D eigenvalue weighted by Gasteiger charge is 2.19. The van der Waals surface area contributed by atoms with Crippen molar-refractivity contribution in [1.82, 2.24) is 10.2 Å². The molecule has 1 N–H and O–H groups in total. The molecule has 0 aliphatic rings. The molecule has 2 heterocycles. The van der Waals surface area contributed by atoms with E-state index in [2.05, 4.69) is 15.5 Å². The average molecular weight is 424 g/mol. The van der Waals surface area contributed by atoms with Gasteiger partial charge in [0.15, 0.2) is 0 Å². The van der Waals surface area contributed by atoms with Crippen molar-refractivity contribution in [3.05, 3.63) is 72.1 Å². The van der Waals surface area contributed by atoms with Gasteiger partial charge in [-0.3, -0.25) is 4.79 Å². The van der Waals surface area contributed by atoms with Crippen molar-refractivity contribution >= 4 is 34.7 Å². The van der Waals surface area contributed by atoms with E-state index in [0.29, 0.717) is 22.6 Å². The Bertz CT molecular complexity index is 1060. The zero-order chi connectivity index (χ0) is 20.1. The predicted molar refractivity (Wildman–Crippen MR) is 115 cm³/mol. The highest BCUT2D eigenvalue weighted by molar-refractivity contribution is 8.00. The lowest BCUT2D eigenvalue weighted by atomic mass is 10.3. The van der Waals surface area contributed by atoms with Crippen LogP contribution in [0, 0.1) is 0 Å². The van der Waals surface area contributed by atoms with Crippen LogP contribution in [0.3, 0.4) is 0 Å². The second-order valence-electron chi connectivity index (χ2n) is 6.04. The first-order chi connectivity index (χ1) is 14.2. The number of amides is 1. The normalized spacial score (nSPS) is 11.8. The van der Waals surface area contributed by atoms with E-state index in [0.717, 1.165) is 10.6 Å². The molecule has 6 nitrogen and oxygen atoms in total. The summed E-state index contributed by atoms with van der Waals surface area (Å²) in [5.41, 5.74) is 0.688. The standard InChI is InChI=1S/C21H17N3O3S2/c1-14(29-21-24-23-20(27-21)18-8-5-13-28-18)19(25)22-15-9-11-17(12-10-15)26-16-6-3-2-4-7-16/h2-14H,1H3,(H,22,25). The van der Waals surface area contributed by atoms with Crippen LogP contribution in [0.2, 0.25) is 0 Å². The molecular formula is C21H17N3O3S2. The molecule has 0 saturated heterocycles. The van der Waals surface area contributed by atoms with E-state index in [9.17, 15) is 4.79 Å². The minimum absolute atomic E-state index is 0.150. The minimum Gasteiger partial charge on any atom is -0.457 e. The summed E-state index contributed by atoms with van der Waals surface area (Å²) in [7, 11) is 0. The van der Waals surface area contributed by atoms with Gasteiger partial charge in [0.25, 0.3) is 11.1 Å². The first-order valence-corrected chi connectivity index (χ1v) is 10.6. The third kappa shape index (κ3) is 5.04. The monoisotopic (exact) mass is 423 g/mol. The van der Waals surface area contributed by atoms with E-state index in [1.54, 1.807) is 19.1 Å². The van der Waals surface area contributed by atoms with E-state index in [1.807, 2.05) is 60.0 Å². The molecule has 4 rings (SSSR count). The molecule has 0 spiro atoms. The first-order valence-electron chi connectivity index (χ1n) is 8.85. The number of carbonyl (C=O) groups is 1. The smallest absolute Gasteiger partial charge is 0.277 e. The Labute approximate surface area is 175 Å².